The van der Waals surface area contributed by atoms with E-state index >= 15 is 0 Å². The Balaban J connectivity index is 2.07. The zero-order chi connectivity index (χ0) is 13.0. The van der Waals surface area contributed by atoms with E-state index < -0.39 is 0 Å². The van der Waals surface area contributed by atoms with Crippen LogP contribution in [0.2, 0.25) is 0 Å². The second-order valence-corrected chi connectivity index (χ2v) is 3.72. The predicted molar refractivity (Wildman–Crippen MR) is 64.9 cm³/mol. The van der Waals surface area contributed by atoms with Gasteiger partial charge < -0.3 is 9.88 Å². The highest BCUT2D eigenvalue weighted by molar-refractivity contribution is 5.91. The van der Waals surface area contributed by atoms with Crippen molar-refractivity contribution in [2.24, 2.45) is 7.05 Å². The molecule has 1 N–H and O–H groups in total. The Hall–Kier alpha value is -2.50. The Bertz CT molecular complexity index is 607. The molecule has 0 radical (unpaired) electrons. The zero-order valence-corrected chi connectivity index (χ0v) is 9.83. The summed E-state index contributed by atoms with van der Waals surface area (Å²) in [6.45, 7) is 0.170. The fraction of sp³-hybridized carbons (Fsp3) is 0.167. The lowest BCUT2D eigenvalue weighted by atomic mass is 10.2. The predicted octanol–water partition coefficient (Wildman–Crippen LogP) is 0.105. The number of hydrogen-bond donors (Lipinski definition) is 1. The van der Waals surface area contributed by atoms with Gasteiger partial charge in [0.1, 0.15) is 5.69 Å². The Kier molecular flexibility index (Phi) is 3.47. The molecule has 2 aromatic rings. The Morgan fingerprint density at radius 1 is 1.44 bits per heavy atom. The number of pyridine rings is 1. The quantitative estimate of drug-likeness (QED) is 0.831. The van der Waals surface area contributed by atoms with Gasteiger partial charge in [0.2, 0.25) is 0 Å². The van der Waals surface area contributed by atoms with Crippen LogP contribution in [0.15, 0.2) is 41.7 Å². The standard InChI is InChI=1S/C12H12N4O2/c1-16-6-2-3-9(12(16)18)7-15-11(17)10-8-13-4-5-14-10/h2-6,8H,7H2,1H3,(H,15,17). The van der Waals surface area contributed by atoms with Crippen molar-refractivity contribution in [3.8, 4) is 0 Å². The molecule has 0 saturated heterocycles. The van der Waals surface area contributed by atoms with E-state index in [4.69, 9.17) is 0 Å². The van der Waals surface area contributed by atoms with Crippen molar-refractivity contribution >= 4 is 5.91 Å². The topological polar surface area (TPSA) is 76.9 Å². The molecule has 0 saturated carbocycles. The summed E-state index contributed by atoms with van der Waals surface area (Å²) >= 11 is 0. The van der Waals surface area contributed by atoms with Crippen molar-refractivity contribution in [1.82, 2.24) is 19.9 Å². The van der Waals surface area contributed by atoms with Crippen LogP contribution >= 0.6 is 0 Å². The van der Waals surface area contributed by atoms with E-state index in [2.05, 4.69) is 15.3 Å². The minimum Gasteiger partial charge on any atom is -0.346 e. The second kappa shape index (κ2) is 5.22. The SMILES string of the molecule is Cn1cccc(CNC(=O)c2cnccn2)c1=O. The number of nitrogens with zero attached hydrogens (tertiary/aromatic N) is 3. The van der Waals surface area contributed by atoms with Crippen molar-refractivity contribution < 1.29 is 4.79 Å². The van der Waals surface area contributed by atoms with Crippen LogP contribution in [0.5, 0.6) is 0 Å². The van der Waals surface area contributed by atoms with E-state index in [1.807, 2.05) is 0 Å². The minimum absolute atomic E-state index is 0.128. The first kappa shape index (κ1) is 12.0. The molecule has 6 heteroatoms. The lowest BCUT2D eigenvalue weighted by Gasteiger charge is -2.05. The van der Waals surface area contributed by atoms with Gasteiger partial charge in [0.25, 0.3) is 11.5 Å². The Morgan fingerprint density at radius 2 is 2.28 bits per heavy atom. The molecule has 0 aliphatic heterocycles. The lowest BCUT2D eigenvalue weighted by Crippen LogP contribution is -2.29. The van der Waals surface area contributed by atoms with Crippen LogP contribution in [0.1, 0.15) is 16.1 Å². The van der Waals surface area contributed by atoms with Crippen molar-refractivity contribution in [3.63, 3.8) is 0 Å². The summed E-state index contributed by atoms with van der Waals surface area (Å²) in [7, 11) is 1.66. The third-order valence-electron chi connectivity index (χ3n) is 2.44. The maximum Gasteiger partial charge on any atom is 0.271 e. The molecule has 0 aliphatic rings. The van der Waals surface area contributed by atoms with Gasteiger partial charge in [-0.25, -0.2) is 4.98 Å². The van der Waals surface area contributed by atoms with Crippen molar-refractivity contribution in [2.45, 2.75) is 6.54 Å². The third kappa shape index (κ3) is 2.60. The van der Waals surface area contributed by atoms with E-state index in [1.165, 1.54) is 23.2 Å². The molecular formula is C12H12N4O2. The highest BCUT2D eigenvalue weighted by Gasteiger charge is 2.07. The molecule has 6 nitrogen and oxygen atoms in total. The summed E-state index contributed by atoms with van der Waals surface area (Å²) in [5.74, 6) is -0.353. The first-order chi connectivity index (χ1) is 8.68. The zero-order valence-electron chi connectivity index (χ0n) is 9.83. The highest BCUT2D eigenvalue weighted by atomic mass is 16.2. The fourth-order valence-corrected chi connectivity index (χ4v) is 1.47. The molecule has 2 heterocycles. The van der Waals surface area contributed by atoms with Crippen molar-refractivity contribution in [1.29, 1.82) is 0 Å². The molecular weight excluding hydrogens is 232 g/mol. The van der Waals surface area contributed by atoms with Gasteiger partial charge in [0, 0.05) is 37.7 Å². The average molecular weight is 244 g/mol. The number of carbonyl (C=O) groups is 1. The summed E-state index contributed by atoms with van der Waals surface area (Å²) in [6, 6.07) is 3.44. The van der Waals surface area contributed by atoms with Gasteiger partial charge in [-0.15, -0.1) is 0 Å². The van der Waals surface area contributed by atoms with Gasteiger partial charge >= 0.3 is 0 Å². The maximum atomic E-state index is 11.7. The van der Waals surface area contributed by atoms with Crippen LogP contribution in [0.4, 0.5) is 0 Å². The van der Waals surface area contributed by atoms with Gasteiger partial charge in [-0.05, 0) is 6.07 Å². The van der Waals surface area contributed by atoms with Crippen LogP contribution < -0.4 is 10.9 Å². The number of hydrogen-bond acceptors (Lipinski definition) is 4. The molecule has 0 fully saturated rings. The normalized spacial score (nSPS) is 10.1. The molecule has 0 atom stereocenters. The number of rotatable bonds is 3. The van der Waals surface area contributed by atoms with Gasteiger partial charge in [0.05, 0.1) is 6.20 Å². The summed E-state index contributed by atoms with van der Waals surface area (Å²) in [5, 5.41) is 2.63. The van der Waals surface area contributed by atoms with Gasteiger partial charge in [-0.3, -0.25) is 14.6 Å². The van der Waals surface area contributed by atoms with Gasteiger partial charge in [0.15, 0.2) is 0 Å². The minimum atomic E-state index is -0.353. The van der Waals surface area contributed by atoms with E-state index in [-0.39, 0.29) is 23.7 Å². The number of nitrogens with one attached hydrogen (secondary N) is 1. The van der Waals surface area contributed by atoms with Crippen LogP contribution in [0, 0.1) is 0 Å². The van der Waals surface area contributed by atoms with Gasteiger partial charge in [-0.2, -0.15) is 0 Å². The summed E-state index contributed by atoms with van der Waals surface area (Å²) in [5.41, 5.74) is 0.624. The number of carbonyl (C=O) groups excluding carboxylic acids is 1. The summed E-state index contributed by atoms with van der Waals surface area (Å²) < 4.78 is 1.46. The highest BCUT2D eigenvalue weighted by Crippen LogP contribution is 1.93. The van der Waals surface area contributed by atoms with Crippen LogP contribution in [0.25, 0.3) is 0 Å². The third-order valence-corrected chi connectivity index (χ3v) is 2.44. The van der Waals surface area contributed by atoms with Crippen LogP contribution in [-0.4, -0.2) is 20.4 Å². The van der Waals surface area contributed by atoms with Gasteiger partial charge in [-0.1, -0.05) is 6.07 Å². The van der Waals surface area contributed by atoms with Crippen molar-refractivity contribution in [3.05, 3.63) is 58.5 Å². The first-order valence-corrected chi connectivity index (χ1v) is 5.37. The molecule has 0 aromatic carbocycles. The van der Waals surface area contributed by atoms with Crippen LogP contribution in [-0.2, 0) is 13.6 Å². The monoisotopic (exact) mass is 244 g/mol. The average Bonchev–Trinajstić information content (AvgIpc) is 2.41. The maximum absolute atomic E-state index is 11.7. The molecule has 0 aliphatic carbocycles. The lowest BCUT2D eigenvalue weighted by molar-refractivity contribution is 0.0945. The molecule has 2 aromatic heterocycles. The Labute approximate surface area is 103 Å². The number of aryl methyl sites for hydroxylation is 1. The largest absolute Gasteiger partial charge is 0.346 e. The molecule has 2 rings (SSSR count). The molecule has 1 amide bonds. The molecule has 0 bridgehead atoms. The van der Waals surface area contributed by atoms with Crippen molar-refractivity contribution in [2.75, 3.05) is 0 Å². The van der Waals surface area contributed by atoms with E-state index in [0.29, 0.717) is 5.56 Å². The summed E-state index contributed by atoms with van der Waals surface area (Å²) in [6.07, 6.45) is 5.97. The molecule has 92 valence electrons. The molecule has 18 heavy (non-hydrogen) atoms. The smallest absolute Gasteiger partial charge is 0.271 e. The second-order valence-electron chi connectivity index (χ2n) is 3.72. The molecule has 0 spiro atoms. The van der Waals surface area contributed by atoms with E-state index in [0.717, 1.165) is 0 Å². The number of aromatic nitrogens is 3. The summed E-state index contributed by atoms with van der Waals surface area (Å²) in [4.78, 5) is 31.1. The first-order valence-electron chi connectivity index (χ1n) is 5.37. The molecule has 0 unspecified atom stereocenters. The van der Waals surface area contributed by atoms with Crippen LogP contribution in [0.3, 0.4) is 0 Å². The van der Waals surface area contributed by atoms with E-state index in [1.54, 1.807) is 25.4 Å². The number of amides is 1. The Morgan fingerprint density at radius 3 is 3.00 bits per heavy atom. The fourth-order valence-electron chi connectivity index (χ4n) is 1.47. The van der Waals surface area contributed by atoms with E-state index in [9.17, 15) is 9.59 Å².